The molecule has 0 aliphatic heterocycles. The summed E-state index contributed by atoms with van der Waals surface area (Å²) in [5, 5.41) is 0. The van der Waals surface area contributed by atoms with Gasteiger partial charge < -0.3 is 9.47 Å². The summed E-state index contributed by atoms with van der Waals surface area (Å²) in [5.74, 6) is 0.335. The lowest BCUT2D eigenvalue weighted by Gasteiger charge is -2.19. The lowest BCUT2D eigenvalue weighted by molar-refractivity contribution is -0.151. The van der Waals surface area contributed by atoms with Gasteiger partial charge in [0.2, 0.25) is 6.10 Å². The number of carbonyl (C=O) groups is 1. The van der Waals surface area contributed by atoms with Crippen LogP contribution in [0.3, 0.4) is 0 Å². The average molecular weight is 284 g/mol. The third-order valence-electron chi connectivity index (χ3n) is 3.40. The van der Waals surface area contributed by atoms with Crippen LogP contribution in [0.4, 0.5) is 0 Å². The Kier molecular flexibility index (Phi) is 4.99. The number of aryl methyl sites for hydroxylation is 1. The Hall–Kier alpha value is -2.29. The van der Waals surface area contributed by atoms with Crippen molar-refractivity contribution < 1.29 is 14.3 Å². The molecule has 0 N–H and O–H groups in total. The minimum absolute atomic E-state index is 0.332. The molecular formula is C18H20O3. The first-order valence-electron chi connectivity index (χ1n) is 7.08. The van der Waals surface area contributed by atoms with E-state index in [1.807, 2.05) is 62.4 Å². The molecule has 110 valence electrons. The van der Waals surface area contributed by atoms with E-state index in [-0.39, 0.29) is 5.97 Å². The van der Waals surface area contributed by atoms with Crippen LogP contribution in [0.1, 0.15) is 29.7 Å². The van der Waals surface area contributed by atoms with Crippen LogP contribution in [0.25, 0.3) is 0 Å². The maximum atomic E-state index is 12.2. The molecule has 0 radical (unpaired) electrons. The quantitative estimate of drug-likeness (QED) is 0.779. The van der Waals surface area contributed by atoms with Crippen molar-refractivity contribution in [1.82, 2.24) is 0 Å². The van der Waals surface area contributed by atoms with Crippen molar-refractivity contribution in [2.45, 2.75) is 26.9 Å². The zero-order valence-electron chi connectivity index (χ0n) is 12.6. The predicted molar refractivity (Wildman–Crippen MR) is 82.4 cm³/mol. The summed E-state index contributed by atoms with van der Waals surface area (Å²) < 4.78 is 11.1. The highest BCUT2D eigenvalue weighted by Gasteiger charge is 2.24. The number of rotatable bonds is 5. The molecule has 0 aromatic heterocycles. The number of hydrogen-bond donors (Lipinski definition) is 0. The fourth-order valence-electron chi connectivity index (χ4n) is 2.08. The molecule has 2 aromatic carbocycles. The Labute approximate surface area is 125 Å². The average Bonchev–Trinajstić information content (AvgIpc) is 2.50. The van der Waals surface area contributed by atoms with Gasteiger partial charge in [0.1, 0.15) is 5.75 Å². The summed E-state index contributed by atoms with van der Waals surface area (Å²) in [5.41, 5.74) is 2.95. The summed E-state index contributed by atoms with van der Waals surface area (Å²) in [7, 11) is 0. The number of hydrogen-bond acceptors (Lipinski definition) is 3. The molecule has 0 saturated heterocycles. The van der Waals surface area contributed by atoms with Crippen molar-refractivity contribution in [3.63, 3.8) is 0 Å². The van der Waals surface area contributed by atoms with E-state index < -0.39 is 6.10 Å². The van der Waals surface area contributed by atoms with Gasteiger partial charge in [-0.1, -0.05) is 42.5 Å². The molecule has 0 aliphatic rings. The summed E-state index contributed by atoms with van der Waals surface area (Å²) in [6.07, 6.45) is -0.744. The van der Waals surface area contributed by atoms with Crippen LogP contribution in [-0.2, 0) is 9.53 Å². The number of ether oxygens (including phenoxy) is 2. The fourth-order valence-corrected chi connectivity index (χ4v) is 2.08. The van der Waals surface area contributed by atoms with Gasteiger partial charge in [0, 0.05) is 5.56 Å². The third-order valence-corrected chi connectivity index (χ3v) is 3.40. The van der Waals surface area contributed by atoms with Gasteiger partial charge in [-0.2, -0.15) is 0 Å². The highest BCUT2D eigenvalue weighted by Crippen LogP contribution is 2.27. The molecule has 0 amide bonds. The molecule has 2 aromatic rings. The SMILES string of the molecule is CCOC(=O)[C@@H](Oc1cccc(C)c1C)c1ccccc1. The van der Waals surface area contributed by atoms with Gasteiger partial charge in [0.15, 0.2) is 0 Å². The second kappa shape index (κ2) is 6.93. The highest BCUT2D eigenvalue weighted by atomic mass is 16.6. The van der Waals surface area contributed by atoms with Gasteiger partial charge in [0.05, 0.1) is 6.61 Å². The molecule has 1 atom stereocenters. The molecule has 0 aliphatic carbocycles. The van der Waals surface area contributed by atoms with E-state index in [2.05, 4.69) is 0 Å². The normalized spacial score (nSPS) is 11.8. The Bertz CT molecular complexity index is 605. The zero-order valence-corrected chi connectivity index (χ0v) is 12.6. The molecule has 21 heavy (non-hydrogen) atoms. The maximum absolute atomic E-state index is 12.2. The smallest absolute Gasteiger partial charge is 0.352 e. The Morgan fingerprint density at radius 2 is 1.76 bits per heavy atom. The number of esters is 1. The van der Waals surface area contributed by atoms with Gasteiger partial charge >= 0.3 is 5.97 Å². The van der Waals surface area contributed by atoms with Gasteiger partial charge in [0.25, 0.3) is 0 Å². The number of benzene rings is 2. The molecule has 0 bridgehead atoms. The van der Waals surface area contributed by atoms with Crippen LogP contribution < -0.4 is 4.74 Å². The molecule has 0 spiro atoms. The van der Waals surface area contributed by atoms with Crippen LogP contribution in [0, 0.1) is 13.8 Å². The van der Waals surface area contributed by atoms with E-state index >= 15 is 0 Å². The van der Waals surface area contributed by atoms with Crippen LogP contribution >= 0.6 is 0 Å². The summed E-state index contributed by atoms with van der Waals surface area (Å²) in [6, 6.07) is 15.2. The monoisotopic (exact) mass is 284 g/mol. The van der Waals surface area contributed by atoms with Crippen molar-refractivity contribution >= 4 is 5.97 Å². The minimum Gasteiger partial charge on any atom is -0.474 e. The fraction of sp³-hybridized carbons (Fsp3) is 0.278. The second-order valence-electron chi connectivity index (χ2n) is 4.86. The molecule has 0 unspecified atom stereocenters. The summed E-state index contributed by atoms with van der Waals surface area (Å²) >= 11 is 0. The molecule has 3 heteroatoms. The first kappa shape index (κ1) is 15.1. The summed E-state index contributed by atoms with van der Waals surface area (Å²) in [6.45, 7) is 6.12. The first-order chi connectivity index (χ1) is 10.1. The maximum Gasteiger partial charge on any atom is 0.352 e. The third kappa shape index (κ3) is 3.63. The summed E-state index contributed by atoms with van der Waals surface area (Å²) in [4.78, 5) is 12.2. The van der Waals surface area contributed by atoms with Crippen molar-refractivity contribution in [3.8, 4) is 5.75 Å². The van der Waals surface area contributed by atoms with E-state index in [9.17, 15) is 4.79 Å². The topological polar surface area (TPSA) is 35.5 Å². The Morgan fingerprint density at radius 3 is 2.43 bits per heavy atom. The van der Waals surface area contributed by atoms with Crippen LogP contribution in [-0.4, -0.2) is 12.6 Å². The van der Waals surface area contributed by atoms with Crippen molar-refractivity contribution in [2.75, 3.05) is 6.61 Å². The predicted octanol–water partition coefficient (Wildman–Crippen LogP) is 3.99. The van der Waals surface area contributed by atoms with Gasteiger partial charge in [-0.3, -0.25) is 0 Å². The Balaban J connectivity index is 2.32. The molecule has 0 saturated carbocycles. The van der Waals surface area contributed by atoms with Crippen LogP contribution in [0.2, 0.25) is 0 Å². The van der Waals surface area contributed by atoms with Crippen molar-refractivity contribution in [2.24, 2.45) is 0 Å². The van der Waals surface area contributed by atoms with E-state index in [1.54, 1.807) is 6.92 Å². The van der Waals surface area contributed by atoms with E-state index in [1.165, 1.54) is 0 Å². The van der Waals surface area contributed by atoms with Crippen LogP contribution in [0.5, 0.6) is 5.75 Å². The molecular weight excluding hydrogens is 264 g/mol. The standard InChI is InChI=1S/C18H20O3/c1-4-20-18(19)17(15-10-6-5-7-11-15)21-16-12-8-9-13(2)14(16)3/h5-12,17H,4H2,1-3H3/t17-/m0/s1. The van der Waals surface area contributed by atoms with E-state index in [0.29, 0.717) is 12.4 Å². The highest BCUT2D eigenvalue weighted by molar-refractivity contribution is 5.77. The molecule has 2 rings (SSSR count). The lowest BCUT2D eigenvalue weighted by Crippen LogP contribution is -2.21. The largest absolute Gasteiger partial charge is 0.474 e. The molecule has 0 heterocycles. The van der Waals surface area contributed by atoms with Gasteiger partial charge in [-0.25, -0.2) is 4.79 Å². The lowest BCUT2D eigenvalue weighted by atomic mass is 10.1. The molecule has 3 nitrogen and oxygen atoms in total. The molecule has 0 fully saturated rings. The first-order valence-corrected chi connectivity index (χ1v) is 7.08. The number of carbonyl (C=O) groups excluding carboxylic acids is 1. The second-order valence-corrected chi connectivity index (χ2v) is 4.86. The Morgan fingerprint density at radius 1 is 1.05 bits per heavy atom. The van der Waals surface area contributed by atoms with Gasteiger partial charge in [-0.05, 0) is 38.0 Å². The minimum atomic E-state index is -0.744. The van der Waals surface area contributed by atoms with E-state index in [0.717, 1.165) is 16.7 Å². The van der Waals surface area contributed by atoms with Crippen molar-refractivity contribution in [1.29, 1.82) is 0 Å². The van der Waals surface area contributed by atoms with Crippen LogP contribution in [0.15, 0.2) is 48.5 Å². The zero-order chi connectivity index (χ0) is 15.2. The van der Waals surface area contributed by atoms with Gasteiger partial charge in [-0.15, -0.1) is 0 Å². The van der Waals surface area contributed by atoms with Crippen molar-refractivity contribution in [3.05, 3.63) is 65.2 Å². The van der Waals surface area contributed by atoms with E-state index in [4.69, 9.17) is 9.47 Å².